The fraction of sp³-hybridized carbons (Fsp3) is 0.733. The number of nitrogens with one attached hydrogen (secondary N) is 1. The molecule has 0 atom stereocenters. The molecule has 4 heteroatoms. The van der Waals surface area contributed by atoms with Crippen molar-refractivity contribution in [3.05, 3.63) is 27.7 Å². The molecule has 0 bridgehead atoms. The Balaban J connectivity index is 2.32. The van der Waals surface area contributed by atoms with Crippen LogP contribution in [0, 0.1) is 0 Å². The molecule has 1 aliphatic carbocycles. The van der Waals surface area contributed by atoms with Crippen molar-refractivity contribution in [3.63, 3.8) is 0 Å². The third kappa shape index (κ3) is 3.66. The standard InChI is InChI=1S/C15H25N3O/c1-5-8-18-14(19)11(10-16-12-6-7-12)9-13(17-18)15(2,3)4/h9,12,16H,5-8,10H2,1-4H3. The molecule has 0 radical (unpaired) electrons. The predicted molar refractivity (Wildman–Crippen MR) is 77.3 cm³/mol. The van der Waals surface area contributed by atoms with Crippen LogP contribution in [-0.2, 0) is 18.5 Å². The van der Waals surface area contributed by atoms with Gasteiger partial charge in [-0.05, 0) is 25.3 Å². The maximum Gasteiger partial charge on any atom is 0.271 e. The Hall–Kier alpha value is -1.16. The van der Waals surface area contributed by atoms with Crippen LogP contribution in [0.15, 0.2) is 10.9 Å². The zero-order valence-corrected chi connectivity index (χ0v) is 12.5. The lowest BCUT2D eigenvalue weighted by atomic mass is 9.91. The fourth-order valence-corrected chi connectivity index (χ4v) is 2.00. The number of rotatable bonds is 5. The van der Waals surface area contributed by atoms with Crippen molar-refractivity contribution in [3.8, 4) is 0 Å². The maximum atomic E-state index is 12.3. The van der Waals surface area contributed by atoms with E-state index in [9.17, 15) is 4.79 Å². The van der Waals surface area contributed by atoms with Gasteiger partial charge in [0.25, 0.3) is 5.56 Å². The Kier molecular flexibility index (Phi) is 4.09. The summed E-state index contributed by atoms with van der Waals surface area (Å²) in [5.74, 6) is 0. The molecule has 106 valence electrons. The van der Waals surface area contributed by atoms with Crippen LogP contribution in [0.5, 0.6) is 0 Å². The summed E-state index contributed by atoms with van der Waals surface area (Å²) in [6, 6.07) is 2.59. The van der Waals surface area contributed by atoms with Crippen LogP contribution in [0.4, 0.5) is 0 Å². The SMILES string of the molecule is CCCn1nc(C(C)(C)C)cc(CNC2CC2)c1=O. The second kappa shape index (κ2) is 5.45. The summed E-state index contributed by atoms with van der Waals surface area (Å²) in [6.07, 6.45) is 3.40. The Morgan fingerprint density at radius 2 is 2.11 bits per heavy atom. The Bertz CT molecular complexity index is 495. The molecular weight excluding hydrogens is 238 g/mol. The highest BCUT2D eigenvalue weighted by molar-refractivity contribution is 5.19. The minimum Gasteiger partial charge on any atom is -0.310 e. The molecule has 1 aromatic heterocycles. The van der Waals surface area contributed by atoms with Gasteiger partial charge in [0, 0.05) is 30.1 Å². The van der Waals surface area contributed by atoms with E-state index in [0.29, 0.717) is 19.1 Å². The Labute approximate surface area is 115 Å². The highest BCUT2D eigenvalue weighted by Crippen LogP contribution is 2.21. The van der Waals surface area contributed by atoms with Crippen molar-refractivity contribution in [2.24, 2.45) is 0 Å². The van der Waals surface area contributed by atoms with Crippen LogP contribution >= 0.6 is 0 Å². The average Bonchev–Trinajstić information content (AvgIpc) is 3.13. The molecule has 1 fully saturated rings. The van der Waals surface area contributed by atoms with Gasteiger partial charge in [-0.15, -0.1) is 0 Å². The minimum atomic E-state index is -0.0302. The molecule has 1 saturated carbocycles. The molecule has 0 unspecified atom stereocenters. The fourth-order valence-electron chi connectivity index (χ4n) is 2.00. The quantitative estimate of drug-likeness (QED) is 0.886. The molecule has 1 heterocycles. The Morgan fingerprint density at radius 1 is 1.42 bits per heavy atom. The average molecular weight is 263 g/mol. The topological polar surface area (TPSA) is 46.9 Å². The third-order valence-corrected chi connectivity index (χ3v) is 3.41. The van der Waals surface area contributed by atoms with Gasteiger partial charge in [-0.1, -0.05) is 27.7 Å². The number of aryl methyl sites for hydroxylation is 1. The van der Waals surface area contributed by atoms with E-state index in [2.05, 4.69) is 38.1 Å². The smallest absolute Gasteiger partial charge is 0.271 e. The predicted octanol–water partition coefficient (Wildman–Crippen LogP) is 2.20. The number of nitrogens with zero attached hydrogens (tertiary/aromatic N) is 2. The number of aromatic nitrogens is 2. The molecule has 4 nitrogen and oxygen atoms in total. The first kappa shape index (κ1) is 14.3. The molecule has 2 rings (SSSR count). The first-order valence-corrected chi connectivity index (χ1v) is 7.26. The Morgan fingerprint density at radius 3 is 2.63 bits per heavy atom. The molecule has 0 saturated heterocycles. The summed E-state index contributed by atoms with van der Waals surface area (Å²) in [5.41, 5.74) is 1.87. The highest BCUT2D eigenvalue weighted by Gasteiger charge is 2.22. The van der Waals surface area contributed by atoms with Crippen molar-refractivity contribution in [2.75, 3.05) is 0 Å². The van der Waals surface area contributed by atoms with E-state index in [1.54, 1.807) is 4.68 Å². The number of hydrogen-bond acceptors (Lipinski definition) is 3. The van der Waals surface area contributed by atoms with E-state index < -0.39 is 0 Å². The summed E-state index contributed by atoms with van der Waals surface area (Å²) in [4.78, 5) is 12.3. The highest BCUT2D eigenvalue weighted by atomic mass is 16.1. The molecule has 0 amide bonds. The second-order valence-corrected chi connectivity index (χ2v) is 6.49. The molecule has 1 aliphatic rings. The van der Waals surface area contributed by atoms with Gasteiger partial charge in [-0.3, -0.25) is 4.79 Å². The first-order valence-electron chi connectivity index (χ1n) is 7.26. The summed E-state index contributed by atoms with van der Waals surface area (Å²) in [6.45, 7) is 9.83. The van der Waals surface area contributed by atoms with Crippen molar-refractivity contribution in [2.45, 2.75) is 71.5 Å². The van der Waals surface area contributed by atoms with Gasteiger partial charge < -0.3 is 5.32 Å². The van der Waals surface area contributed by atoms with Gasteiger partial charge in [-0.25, -0.2) is 4.68 Å². The van der Waals surface area contributed by atoms with E-state index in [1.165, 1.54) is 12.8 Å². The molecule has 0 spiro atoms. The monoisotopic (exact) mass is 263 g/mol. The van der Waals surface area contributed by atoms with Gasteiger partial charge in [0.2, 0.25) is 0 Å². The van der Waals surface area contributed by atoms with Crippen LogP contribution in [0.3, 0.4) is 0 Å². The van der Waals surface area contributed by atoms with Gasteiger partial charge in [0.1, 0.15) is 0 Å². The summed E-state index contributed by atoms with van der Waals surface area (Å²) in [5, 5.41) is 7.93. The lowest BCUT2D eigenvalue weighted by Crippen LogP contribution is -2.32. The van der Waals surface area contributed by atoms with E-state index in [-0.39, 0.29) is 11.0 Å². The normalized spacial score (nSPS) is 15.8. The zero-order chi connectivity index (χ0) is 14.0. The van der Waals surface area contributed by atoms with Gasteiger partial charge in [0.05, 0.1) is 5.69 Å². The lowest BCUT2D eigenvalue weighted by Gasteiger charge is -2.20. The van der Waals surface area contributed by atoms with Crippen LogP contribution in [0.2, 0.25) is 0 Å². The largest absolute Gasteiger partial charge is 0.310 e. The van der Waals surface area contributed by atoms with E-state index >= 15 is 0 Å². The molecule has 0 aromatic carbocycles. The van der Waals surface area contributed by atoms with Crippen molar-refractivity contribution in [1.29, 1.82) is 0 Å². The lowest BCUT2D eigenvalue weighted by molar-refractivity contribution is 0.489. The van der Waals surface area contributed by atoms with Crippen LogP contribution in [-0.4, -0.2) is 15.8 Å². The van der Waals surface area contributed by atoms with E-state index in [1.807, 2.05) is 6.07 Å². The minimum absolute atomic E-state index is 0.0302. The second-order valence-electron chi connectivity index (χ2n) is 6.49. The molecule has 1 aromatic rings. The van der Waals surface area contributed by atoms with Gasteiger partial charge >= 0.3 is 0 Å². The summed E-state index contributed by atoms with van der Waals surface area (Å²) < 4.78 is 1.63. The maximum absolute atomic E-state index is 12.3. The summed E-state index contributed by atoms with van der Waals surface area (Å²) in [7, 11) is 0. The first-order chi connectivity index (χ1) is 8.91. The zero-order valence-electron chi connectivity index (χ0n) is 12.5. The van der Waals surface area contributed by atoms with E-state index in [0.717, 1.165) is 17.7 Å². The third-order valence-electron chi connectivity index (χ3n) is 3.41. The van der Waals surface area contributed by atoms with Crippen molar-refractivity contribution < 1.29 is 0 Å². The van der Waals surface area contributed by atoms with Crippen molar-refractivity contribution >= 4 is 0 Å². The molecule has 1 N–H and O–H groups in total. The molecular formula is C15H25N3O. The van der Waals surface area contributed by atoms with E-state index in [4.69, 9.17) is 0 Å². The van der Waals surface area contributed by atoms with Crippen LogP contribution in [0.1, 0.15) is 58.2 Å². The van der Waals surface area contributed by atoms with Gasteiger partial charge in [-0.2, -0.15) is 5.10 Å². The van der Waals surface area contributed by atoms with Crippen LogP contribution in [0.25, 0.3) is 0 Å². The van der Waals surface area contributed by atoms with Crippen molar-refractivity contribution in [1.82, 2.24) is 15.1 Å². The van der Waals surface area contributed by atoms with Gasteiger partial charge in [0.15, 0.2) is 0 Å². The molecule has 19 heavy (non-hydrogen) atoms. The van der Waals surface area contributed by atoms with Crippen LogP contribution < -0.4 is 10.9 Å². The number of hydrogen-bond donors (Lipinski definition) is 1. The summed E-state index contributed by atoms with van der Waals surface area (Å²) >= 11 is 0. The molecule has 0 aliphatic heterocycles.